The van der Waals surface area contributed by atoms with Crippen LogP contribution in [-0.4, -0.2) is 80.8 Å². The molecular weight excluding hydrogens is 399 g/mol. The van der Waals surface area contributed by atoms with Crippen molar-refractivity contribution in [3.63, 3.8) is 0 Å². The van der Waals surface area contributed by atoms with Crippen LogP contribution in [0.5, 0.6) is 0 Å². The first-order valence-electron chi connectivity index (χ1n) is 8.56. The molecule has 0 aromatic heterocycles. The van der Waals surface area contributed by atoms with Crippen LogP contribution in [0.1, 0.15) is 10.4 Å². The van der Waals surface area contributed by atoms with E-state index in [9.17, 15) is 22.8 Å². The molecule has 0 radical (unpaired) electrons. The molecule has 0 aliphatic carbocycles. The Morgan fingerprint density at radius 3 is 2.46 bits per heavy atom. The van der Waals surface area contributed by atoms with E-state index in [1.165, 1.54) is 21.9 Å². The number of hydrogen-bond acceptors (Lipinski definition) is 4. The van der Waals surface area contributed by atoms with Crippen LogP contribution in [0.25, 0.3) is 0 Å². The van der Waals surface area contributed by atoms with Crippen molar-refractivity contribution in [2.24, 2.45) is 0 Å². The van der Waals surface area contributed by atoms with Gasteiger partial charge >= 0.3 is 12.2 Å². The molecule has 2 rings (SSSR count). The molecule has 3 N–H and O–H groups in total. The molecule has 0 saturated carbocycles. The molecule has 3 amide bonds. The third-order valence-electron chi connectivity index (χ3n) is 4.21. The molecule has 1 aromatic rings. The monoisotopic (exact) mass is 423 g/mol. The van der Waals surface area contributed by atoms with Crippen molar-refractivity contribution in [3.05, 3.63) is 29.8 Å². The lowest BCUT2D eigenvalue weighted by molar-refractivity contribution is -0.183. The minimum absolute atomic E-state index is 0. The molecular formula is C17H25ClF3N5O2. The molecule has 0 spiro atoms. The van der Waals surface area contributed by atoms with Crippen LogP contribution in [0, 0.1) is 0 Å². The highest BCUT2D eigenvalue weighted by atomic mass is 35.5. The van der Waals surface area contributed by atoms with Gasteiger partial charge in [-0.1, -0.05) is 6.07 Å². The summed E-state index contributed by atoms with van der Waals surface area (Å²) >= 11 is 0. The van der Waals surface area contributed by atoms with Crippen molar-refractivity contribution >= 4 is 30.0 Å². The Morgan fingerprint density at radius 1 is 1.25 bits per heavy atom. The minimum atomic E-state index is -4.44. The zero-order valence-corrected chi connectivity index (χ0v) is 16.5. The van der Waals surface area contributed by atoms with Gasteiger partial charge in [0.15, 0.2) is 0 Å². The van der Waals surface area contributed by atoms with E-state index in [4.69, 9.17) is 0 Å². The van der Waals surface area contributed by atoms with Gasteiger partial charge in [0.2, 0.25) is 0 Å². The fraction of sp³-hybridized carbons (Fsp3) is 0.529. The maximum Gasteiger partial charge on any atom is 0.405 e. The summed E-state index contributed by atoms with van der Waals surface area (Å²) in [4.78, 5) is 26.6. The second-order valence-electron chi connectivity index (χ2n) is 6.46. The van der Waals surface area contributed by atoms with Gasteiger partial charge < -0.3 is 20.9 Å². The third-order valence-corrected chi connectivity index (χ3v) is 4.21. The lowest BCUT2D eigenvalue weighted by Crippen LogP contribution is -2.57. The number of hydrogen-bond donors (Lipinski definition) is 3. The van der Waals surface area contributed by atoms with Gasteiger partial charge in [-0.25, -0.2) is 4.79 Å². The predicted molar refractivity (Wildman–Crippen MR) is 103 cm³/mol. The molecule has 1 atom stereocenters. The van der Waals surface area contributed by atoms with Crippen molar-refractivity contribution in [3.8, 4) is 0 Å². The number of halogens is 4. The molecule has 1 aliphatic heterocycles. The number of benzene rings is 1. The lowest BCUT2D eigenvalue weighted by atomic mass is 10.1. The molecule has 1 heterocycles. The topological polar surface area (TPSA) is 76.7 Å². The number of anilines is 1. The van der Waals surface area contributed by atoms with Crippen molar-refractivity contribution in [2.45, 2.75) is 12.2 Å². The average Bonchev–Trinajstić information content (AvgIpc) is 2.61. The highest BCUT2D eigenvalue weighted by Crippen LogP contribution is 2.25. The molecule has 1 unspecified atom stereocenters. The second kappa shape index (κ2) is 10.5. The van der Waals surface area contributed by atoms with E-state index in [0.29, 0.717) is 18.8 Å². The summed E-state index contributed by atoms with van der Waals surface area (Å²) in [6.07, 6.45) is -4.44. The standard InChI is InChI=1S/C17H24F3N5O2.ClH/c1-24(2)16(27)23-13-5-3-4-12(10-13)15(26)22-11-14(17(18,19)20)25-8-6-21-7-9-25;/h3-5,10,14,21H,6-9,11H2,1-2H3,(H,22,26)(H,23,27);1H. The molecule has 11 heteroatoms. The van der Waals surface area contributed by atoms with Crippen molar-refractivity contribution in [1.82, 2.24) is 20.4 Å². The summed E-state index contributed by atoms with van der Waals surface area (Å²) in [5.41, 5.74) is 0.559. The zero-order valence-electron chi connectivity index (χ0n) is 15.7. The highest BCUT2D eigenvalue weighted by molar-refractivity contribution is 5.96. The van der Waals surface area contributed by atoms with E-state index in [1.54, 1.807) is 26.2 Å². The summed E-state index contributed by atoms with van der Waals surface area (Å²) < 4.78 is 40.1. The molecule has 1 aliphatic rings. The molecule has 1 aromatic carbocycles. The van der Waals surface area contributed by atoms with Crippen LogP contribution >= 0.6 is 12.4 Å². The number of carbonyl (C=O) groups excluding carboxylic acids is 2. The zero-order chi connectivity index (χ0) is 20.0. The smallest absolute Gasteiger partial charge is 0.350 e. The molecule has 1 saturated heterocycles. The molecule has 158 valence electrons. The average molecular weight is 424 g/mol. The van der Waals surface area contributed by atoms with Gasteiger partial charge in [-0.15, -0.1) is 12.4 Å². The fourth-order valence-electron chi connectivity index (χ4n) is 2.71. The first-order chi connectivity index (χ1) is 12.7. The Labute approximate surface area is 168 Å². The van der Waals surface area contributed by atoms with Gasteiger partial charge in [-0.3, -0.25) is 9.69 Å². The molecule has 0 bridgehead atoms. The van der Waals surface area contributed by atoms with Crippen molar-refractivity contribution < 1.29 is 22.8 Å². The van der Waals surface area contributed by atoms with E-state index >= 15 is 0 Å². The number of alkyl halides is 3. The SMILES string of the molecule is CN(C)C(=O)Nc1cccc(C(=O)NCC(N2CCNCC2)C(F)(F)F)c1.Cl. The quantitative estimate of drug-likeness (QED) is 0.674. The normalized spacial score (nSPS) is 15.9. The Bertz CT molecular complexity index is 666. The number of carbonyl (C=O) groups is 2. The molecule has 28 heavy (non-hydrogen) atoms. The predicted octanol–water partition coefficient (Wildman–Crippen LogP) is 1.77. The summed E-state index contributed by atoms with van der Waals surface area (Å²) in [7, 11) is 3.14. The lowest BCUT2D eigenvalue weighted by Gasteiger charge is -2.35. The minimum Gasteiger partial charge on any atom is -0.350 e. The summed E-state index contributed by atoms with van der Waals surface area (Å²) in [6, 6.07) is 3.94. The van der Waals surface area contributed by atoms with E-state index in [2.05, 4.69) is 16.0 Å². The summed E-state index contributed by atoms with van der Waals surface area (Å²) in [6.45, 7) is 0.969. The van der Waals surface area contributed by atoms with Gasteiger partial charge in [0.25, 0.3) is 5.91 Å². The Kier molecular flexibility index (Phi) is 8.99. The number of nitrogens with zero attached hydrogens (tertiary/aromatic N) is 2. The van der Waals surface area contributed by atoms with Gasteiger partial charge in [0.1, 0.15) is 6.04 Å². The molecule has 7 nitrogen and oxygen atoms in total. The van der Waals surface area contributed by atoms with E-state index in [0.717, 1.165) is 0 Å². The largest absolute Gasteiger partial charge is 0.405 e. The van der Waals surface area contributed by atoms with Crippen LogP contribution in [0.4, 0.5) is 23.7 Å². The number of nitrogens with one attached hydrogen (secondary N) is 3. The number of amides is 3. The Morgan fingerprint density at radius 2 is 1.89 bits per heavy atom. The van der Waals surface area contributed by atoms with Gasteiger partial charge in [0, 0.05) is 58.1 Å². The Balaban J connectivity index is 0.00000392. The number of urea groups is 1. The first kappa shape index (κ1) is 24.0. The van der Waals surface area contributed by atoms with Crippen molar-refractivity contribution in [2.75, 3.05) is 52.1 Å². The van der Waals surface area contributed by atoms with Gasteiger partial charge in [-0.05, 0) is 18.2 Å². The Hall–Kier alpha value is -2.04. The van der Waals surface area contributed by atoms with Crippen molar-refractivity contribution in [1.29, 1.82) is 0 Å². The van der Waals surface area contributed by atoms with Crippen LogP contribution in [0.2, 0.25) is 0 Å². The summed E-state index contributed by atoms with van der Waals surface area (Å²) in [5.74, 6) is -0.625. The first-order valence-corrected chi connectivity index (χ1v) is 8.56. The van der Waals surface area contributed by atoms with E-state index < -0.39 is 24.7 Å². The van der Waals surface area contributed by atoms with Crippen LogP contribution < -0.4 is 16.0 Å². The van der Waals surface area contributed by atoms with Crippen LogP contribution in [0.3, 0.4) is 0 Å². The summed E-state index contributed by atoms with van der Waals surface area (Å²) in [5, 5.41) is 7.96. The number of piperazine rings is 1. The maximum atomic E-state index is 13.4. The second-order valence-corrected chi connectivity index (χ2v) is 6.46. The van der Waals surface area contributed by atoms with Crippen LogP contribution in [-0.2, 0) is 0 Å². The maximum absolute atomic E-state index is 13.4. The molecule has 1 fully saturated rings. The fourth-order valence-corrected chi connectivity index (χ4v) is 2.71. The van der Waals surface area contributed by atoms with Gasteiger partial charge in [-0.2, -0.15) is 13.2 Å². The van der Waals surface area contributed by atoms with E-state index in [-0.39, 0.29) is 37.1 Å². The van der Waals surface area contributed by atoms with Gasteiger partial charge in [0.05, 0.1) is 0 Å². The third kappa shape index (κ3) is 6.84. The highest BCUT2D eigenvalue weighted by Gasteiger charge is 2.43. The number of rotatable bonds is 5. The van der Waals surface area contributed by atoms with Crippen LogP contribution in [0.15, 0.2) is 24.3 Å². The van der Waals surface area contributed by atoms with E-state index in [1.807, 2.05) is 0 Å².